The highest BCUT2D eigenvalue weighted by Gasteiger charge is 2.26. The smallest absolute Gasteiger partial charge is 0.317 e. The van der Waals surface area contributed by atoms with Crippen molar-refractivity contribution in [3.63, 3.8) is 0 Å². The fourth-order valence-corrected chi connectivity index (χ4v) is 2.74. The number of aromatic nitrogens is 2. The topological polar surface area (TPSA) is 73.1 Å². The molecule has 0 atom stereocenters. The highest BCUT2D eigenvalue weighted by atomic mass is 16.2. The molecule has 25 heavy (non-hydrogen) atoms. The zero-order valence-electron chi connectivity index (χ0n) is 15.4. The molecule has 2 aromatic rings. The first-order valence-corrected chi connectivity index (χ1v) is 8.39. The first kappa shape index (κ1) is 18.7. The first-order valence-electron chi connectivity index (χ1n) is 8.39. The van der Waals surface area contributed by atoms with Crippen LogP contribution in [0.3, 0.4) is 0 Å². The van der Waals surface area contributed by atoms with Gasteiger partial charge in [0.15, 0.2) is 0 Å². The largest absolute Gasteiger partial charge is 0.346 e. The second kappa shape index (κ2) is 7.09. The third-order valence-electron chi connectivity index (χ3n) is 3.76. The van der Waals surface area contributed by atoms with Gasteiger partial charge in [-0.3, -0.25) is 19.0 Å². The number of carbonyl (C=O) groups is 1. The summed E-state index contributed by atoms with van der Waals surface area (Å²) in [6, 6.07) is 9.17. The van der Waals surface area contributed by atoms with Gasteiger partial charge in [-0.25, -0.2) is 0 Å². The number of nitrogens with zero attached hydrogens (tertiary/aromatic N) is 2. The van der Waals surface area contributed by atoms with Crippen molar-refractivity contribution in [3.8, 4) is 11.3 Å². The number of amides is 1. The molecule has 0 bridgehead atoms. The van der Waals surface area contributed by atoms with Gasteiger partial charge in [-0.15, -0.1) is 0 Å². The van der Waals surface area contributed by atoms with Crippen LogP contribution in [0.1, 0.15) is 44.6 Å². The molecule has 0 aliphatic carbocycles. The van der Waals surface area contributed by atoms with Crippen LogP contribution < -0.4 is 16.4 Å². The van der Waals surface area contributed by atoms with E-state index in [0.29, 0.717) is 24.2 Å². The van der Waals surface area contributed by atoms with Crippen LogP contribution in [0, 0.1) is 0 Å². The van der Waals surface area contributed by atoms with Gasteiger partial charge in [-0.1, -0.05) is 37.3 Å². The molecule has 1 heterocycles. The molecule has 1 aromatic heterocycles. The SMILES string of the molecule is CCCn1c(C(=O)NC(C)(C)C)c(-c2ccccc2)n(C)c(=O)c1=O. The Balaban J connectivity index is 2.87. The summed E-state index contributed by atoms with van der Waals surface area (Å²) in [5.74, 6) is -0.368. The lowest BCUT2D eigenvalue weighted by Crippen LogP contribution is -2.48. The van der Waals surface area contributed by atoms with Gasteiger partial charge in [0.25, 0.3) is 5.91 Å². The fraction of sp³-hybridized carbons (Fsp3) is 0.421. The van der Waals surface area contributed by atoms with Gasteiger partial charge in [0, 0.05) is 24.7 Å². The zero-order chi connectivity index (χ0) is 18.8. The van der Waals surface area contributed by atoms with Gasteiger partial charge >= 0.3 is 11.1 Å². The Morgan fingerprint density at radius 2 is 1.68 bits per heavy atom. The maximum Gasteiger partial charge on any atom is 0.317 e. The predicted octanol–water partition coefficient (Wildman–Crippen LogP) is 2.15. The zero-order valence-corrected chi connectivity index (χ0v) is 15.4. The second-order valence-electron chi connectivity index (χ2n) is 7.09. The van der Waals surface area contributed by atoms with E-state index in [0.717, 1.165) is 0 Å². The van der Waals surface area contributed by atoms with Crippen molar-refractivity contribution in [3.05, 3.63) is 56.7 Å². The van der Waals surface area contributed by atoms with E-state index in [1.54, 1.807) is 0 Å². The van der Waals surface area contributed by atoms with Gasteiger partial charge in [-0.05, 0) is 27.2 Å². The molecule has 0 saturated heterocycles. The Morgan fingerprint density at radius 1 is 1.08 bits per heavy atom. The summed E-state index contributed by atoms with van der Waals surface area (Å²) in [6.45, 7) is 7.82. The highest BCUT2D eigenvalue weighted by molar-refractivity contribution is 5.98. The Kier molecular flexibility index (Phi) is 5.30. The number of carbonyl (C=O) groups excluding carboxylic acids is 1. The van der Waals surface area contributed by atoms with Crippen molar-refractivity contribution in [2.24, 2.45) is 7.05 Å². The van der Waals surface area contributed by atoms with Crippen LogP contribution in [0.2, 0.25) is 0 Å². The van der Waals surface area contributed by atoms with E-state index in [9.17, 15) is 14.4 Å². The lowest BCUT2D eigenvalue weighted by Gasteiger charge is -2.24. The maximum atomic E-state index is 13.0. The van der Waals surface area contributed by atoms with E-state index in [4.69, 9.17) is 0 Å². The van der Waals surface area contributed by atoms with E-state index in [2.05, 4.69) is 5.32 Å². The van der Waals surface area contributed by atoms with E-state index in [1.165, 1.54) is 16.2 Å². The summed E-state index contributed by atoms with van der Waals surface area (Å²) in [6.07, 6.45) is 0.636. The quantitative estimate of drug-likeness (QED) is 0.865. The van der Waals surface area contributed by atoms with Crippen molar-refractivity contribution >= 4 is 5.91 Å². The number of hydrogen-bond acceptors (Lipinski definition) is 3. The molecular weight excluding hydrogens is 318 g/mol. The molecule has 1 aromatic carbocycles. The minimum atomic E-state index is -0.678. The third kappa shape index (κ3) is 3.90. The van der Waals surface area contributed by atoms with Crippen molar-refractivity contribution in [2.75, 3.05) is 0 Å². The van der Waals surface area contributed by atoms with Gasteiger partial charge in [0.05, 0.1) is 5.69 Å². The van der Waals surface area contributed by atoms with E-state index in [1.807, 2.05) is 58.0 Å². The molecule has 0 fully saturated rings. The minimum Gasteiger partial charge on any atom is -0.346 e. The van der Waals surface area contributed by atoms with Gasteiger partial charge < -0.3 is 9.88 Å². The van der Waals surface area contributed by atoms with Crippen LogP contribution in [0.15, 0.2) is 39.9 Å². The molecule has 1 amide bonds. The van der Waals surface area contributed by atoms with Crippen LogP contribution in [0.5, 0.6) is 0 Å². The van der Waals surface area contributed by atoms with Crippen LogP contribution in [0.4, 0.5) is 0 Å². The summed E-state index contributed by atoms with van der Waals surface area (Å²) in [7, 11) is 1.52. The number of nitrogens with one attached hydrogen (secondary N) is 1. The third-order valence-corrected chi connectivity index (χ3v) is 3.76. The van der Waals surface area contributed by atoms with E-state index in [-0.39, 0.29) is 11.6 Å². The van der Waals surface area contributed by atoms with E-state index < -0.39 is 16.7 Å². The Hall–Kier alpha value is -2.63. The Bertz CT molecular complexity index is 887. The molecule has 0 aliphatic heterocycles. The number of benzene rings is 1. The fourth-order valence-electron chi connectivity index (χ4n) is 2.74. The lowest BCUT2D eigenvalue weighted by molar-refractivity contribution is 0.0908. The molecule has 0 radical (unpaired) electrons. The molecule has 0 aliphatic rings. The van der Waals surface area contributed by atoms with Crippen LogP contribution in [-0.2, 0) is 13.6 Å². The summed E-state index contributed by atoms with van der Waals surface area (Å²) >= 11 is 0. The van der Waals surface area contributed by atoms with Crippen LogP contribution in [-0.4, -0.2) is 20.6 Å². The molecule has 2 rings (SSSR count). The summed E-state index contributed by atoms with van der Waals surface area (Å²) < 4.78 is 2.56. The van der Waals surface area contributed by atoms with E-state index >= 15 is 0 Å². The molecule has 1 N–H and O–H groups in total. The molecule has 6 heteroatoms. The molecule has 0 saturated carbocycles. The summed E-state index contributed by atoms with van der Waals surface area (Å²) in [5, 5.41) is 2.90. The Labute approximate surface area is 147 Å². The maximum absolute atomic E-state index is 13.0. The molecule has 6 nitrogen and oxygen atoms in total. The predicted molar refractivity (Wildman–Crippen MR) is 98.9 cm³/mol. The van der Waals surface area contributed by atoms with Crippen molar-refractivity contribution in [1.82, 2.24) is 14.5 Å². The number of rotatable bonds is 4. The standard InChI is InChI=1S/C19H25N3O3/c1-6-12-22-15(16(23)20-19(2,3)4)14(13-10-8-7-9-11-13)21(5)17(24)18(22)25/h7-11H,6,12H2,1-5H3,(H,20,23). The monoisotopic (exact) mass is 343 g/mol. The minimum absolute atomic E-state index is 0.218. The number of hydrogen-bond donors (Lipinski definition) is 1. The second-order valence-corrected chi connectivity index (χ2v) is 7.09. The highest BCUT2D eigenvalue weighted by Crippen LogP contribution is 2.22. The molecule has 134 valence electrons. The van der Waals surface area contributed by atoms with Gasteiger partial charge in [-0.2, -0.15) is 0 Å². The average Bonchev–Trinajstić information content (AvgIpc) is 2.54. The van der Waals surface area contributed by atoms with Crippen LogP contribution in [0.25, 0.3) is 11.3 Å². The van der Waals surface area contributed by atoms with Crippen molar-refractivity contribution < 1.29 is 4.79 Å². The summed E-state index contributed by atoms with van der Waals surface area (Å²) in [4.78, 5) is 37.9. The lowest BCUT2D eigenvalue weighted by atomic mass is 10.1. The summed E-state index contributed by atoms with van der Waals surface area (Å²) in [5.41, 5.74) is -0.406. The normalized spacial score (nSPS) is 11.4. The molecular formula is C19H25N3O3. The van der Waals surface area contributed by atoms with Crippen molar-refractivity contribution in [2.45, 2.75) is 46.2 Å². The molecule has 0 spiro atoms. The van der Waals surface area contributed by atoms with Gasteiger partial charge in [0.1, 0.15) is 5.69 Å². The van der Waals surface area contributed by atoms with Gasteiger partial charge in [0.2, 0.25) is 0 Å². The Morgan fingerprint density at radius 3 is 2.20 bits per heavy atom. The molecule has 0 unspecified atom stereocenters. The van der Waals surface area contributed by atoms with Crippen LogP contribution >= 0.6 is 0 Å². The first-order chi connectivity index (χ1) is 11.7. The van der Waals surface area contributed by atoms with Crippen molar-refractivity contribution in [1.29, 1.82) is 0 Å². The average molecular weight is 343 g/mol.